The van der Waals surface area contributed by atoms with Crippen LogP contribution in [-0.4, -0.2) is 30.8 Å². The molecule has 0 amide bonds. The second kappa shape index (κ2) is 4.60. The molecule has 0 atom stereocenters. The summed E-state index contributed by atoms with van der Waals surface area (Å²) in [5.74, 6) is -2.67. The highest BCUT2D eigenvalue weighted by Crippen LogP contribution is 2.25. The number of benzene rings is 1. The van der Waals surface area contributed by atoms with Crippen molar-refractivity contribution in [2.24, 2.45) is 0 Å². The van der Waals surface area contributed by atoms with Gasteiger partial charge in [0.1, 0.15) is 17.9 Å². The van der Waals surface area contributed by atoms with Crippen molar-refractivity contribution in [2.45, 2.75) is 6.18 Å². The predicted molar refractivity (Wildman–Crippen MR) is 52.7 cm³/mol. The SMILES string of the molecule is CN(CC(F)(F)F)c1cccc(F)c1C(=O)O. The monoisotopic (exact) mass is 251 g/mol. The molecule has 0 bridgehead atoms. The lowest BCUT2D eigenvalue weighted by molar-refractivity contribution is -0.119. The summed E-state index contributed by atoms with van der Waals surface area (Å²) < 4.78 is 49.6. The van der Waals surface area contributed by atoms with Crippen molar-refractivity contribution in [3.05, 3.63) is 29.6 Å². The number of aromatic carboxylic acids is 1. The zero-order chi connectivity index (χ0) is 13.2. The zero-order valence-electron chi connectivity index (χ0n) is 8.75. The van der Waals surface area contributed by atoms with Crippen molar-refractivity contribution in [3.63, 3.8) is 0 Å². The Balaban J connectivity index is 3.13. The van der Waals surface area contributed by atoms with Gasteiger partial charge in [-0.2, -0.15) is 13.2 Å². The molecule has 0 saturated heterocycles. The van der Waals surface area contributed by atoms with Crippen LogP contribution in [0.15, 0.2) is 18.2 Å². The lowest BCUT2D eigenvalue weighted by Crippen LogP contribution is -2.32. The minimum absolute atomic E-state index is 0.310. The van der Waals surface area contributed by atoms with Crippen LogP contribution in [0.4, 0.5) is 23.2 Å². The average Bonchev–Trinajstić information content (AvgIpc) is 2.13. The summed E-state index contributed by atoms with van der Waals surface area (Å²) in [6.45, 7) is -1.35. The first kappa shape index (κ1) is 13.3. The smallest absolute Gasteiger partial charge is 0.405 e. The van der Waals surface area contributed by atoms with Crippen LogP contribution in [0.2, 0.25) is 0 Å². The molecule has 0 heterocycles. The summed E-state index contributed by atoms with van der Waals surface area (Å²) >= 11 is 0. The van der Waals surface area contributed by atoms with E-state index in [1.54, 1.807) is 0 Å². The van der Waals surface area contributed by atoms with E-state index in [4.69, 9.17) is 5.11 Å². The topological polar surface area (TPSA) is 40.5 Å². The third kappa shape index (κ3) is 3.33. The van der Waals surface area contributed by atoms with Crippen molar-refractivity contribution in [3.8, 4) is 0 Å². The number of nitrogens with zero attached hydrogens (tertiary/aromatic N) is 1. The van der Waals surface area contributed by atoms with Crippen LogP contribution < -0.4 is 4.90 Å². The summed E-state index contributed by atoms with van der Waals surface area (Å²) in [5.41, 5.74) is -1.07. The minimum Gasteiger partial charge on any atom is -0.478 e. The van der Waals surface area contributed by atoms with Crippen LogP contribution in [0.1, 0.15) is 10.4 Å². The highest BCUT2D eigenvalue weighted by molar-refractivity contribution is 5.94. The molecule has 94 valence electrons. The quantitative estimate of drug-likeness (QED) is 0.839. The Morgan fingerprint density at radius 1 is 1.41 bits per heavy atom. The van der Waals surface area contributed by atoms with Crippen molar-refractivity contribution in [1.29, 1.82) is 0 Å². The fourth-order valence-electron chi connectivity index (χ4n) is 1.40. The largest absolute Gasteiger partial charge is 0.478 e. The van der Waals surface area contributed by atoms with Gasteiger partial charge in [-0.15, -0.1) is 0 Å². The molecule has 0 spiro atoms. The molecule has 0 radical (unpaired) electrons. The first-order valence-corrected chi connectivity index (χ1v) is 4.52. The van der Waals surface area contributed by atoms with Crippen LogP contribution in [0.5, 0.6) is 0 Å². The maximum Gasteiger partial charge on any atom is 0.405 e. The van der Waals surface area contributed by atoms with Gasteiger partial charge >= 0.3 is 12.1 Å². The Morgan fingerprint density at radius 3 is 2.47 bits per heavy atom. The van der Waals surface area contributed by atoms with E-state index in [0.29, 0.717) is 4.90 Å². The van der Waals surface area contributed by atoms with E-state index in [9.17, 15) is 22.4 Å². The third-order valence-corrected chi connectivity index (χ3v) is 2.03. The molecule has 0 saturated carbocycles. The van der Waals surface area contributed by atoms with Gasteiger partial charge in [-0.05, 0) is 12.1 Å². The van der Waals surface area contributed by atoms with E-state index in [1.165, 1.54) is 0 Å². The molecule has 3 nitrogen and oxygen atoms in total. The molecule has 1 N–H and O–H groups in total. The second-order valence-corrected chi connectivity index (χ2v) is 3.41. The van der Waals surface area contributed by atoms with Gasteiger partial charge in [-0.25, -0.2) is 9.18 Å². The molecule has 0 aliphatic rings. The lowest BCUT2D eigenvalue weighted by atomic mass is 10.1. The van der Waals surface area contributed by atoms with E-state index >= 15 is 0 Å². The van der Waals surface area contributed by atoms with Gasteiger partial charge in [0.25, 0.3) is 0 Å². The van der Waals surface area contributed by atoms with Crippen LogP contribution in [0.3, 0.4) is 0 Å². The van der Waals surface area contributed by atoms with E-state index in [-0.39, 0.29) is 5.69 Å². The maximum absolute atomic E-state index is 13.2. The normalized spacial score (nSPS) is 11.4. The number of carboxylic acid groups (broad SMARTS) is 1. The number of halogens is 4. The standard InChI is InChI=1S/C10H9F4NO2/c1-15(5-10(12,13)14)7-4-2-3-6(11)8(7)9(16)17/h2-4H,5H2,1H3,(H,16,17). The van der Waals surface area contributed by atoms with Gasteiger partial charge in [-0.1, -0.05) is 6.07 Å². The van der Waals surface area contributed by atoms with Crippen LogP contribution in [0.25, 0.3) is 0 Å². The summed E-state index contributed by atoms with van der Waals surface area (Å²) in [6.07, 6.45) is -4.49. The third-order valence-electron chi connectivity index (χ3n) is 2.03. The first-order chi connectivity index (χ1) is 7.72. The van der Waals surface area contributed by atoms with Gasteiger partial charge in [-0.3, -0.25) is 0 Å². The second-order valence-electron chi connectivity index (χ2n) is 3.41. The Labute approximate surface area is 94.3 Å². The van der Waals surface area contributed by atoms with Crippen LogP contribution >= 0.6 is 0 Å². The van der Waals surface area contributed by atoms with Gasteiger partial charge in [0.15, 0.2) is 0 Å². The molecule has 0 aromatic heterocycles. The lowest BCUT2D eigenvalue weighted by Gasteiger charge is -2.22. The fourth-order valence-corrected chi connectivity index (χ4v) is 1.40. The van der Waals surface area contributed by atoms with Crippen molar-refractivity contribution in [1.82, 2.24) is 0 Å². The molecule has 1 aromatic rings. The number of hydrogen-bond acceptors (Lipinski definition) is 2. The predicted octanol–water partition coefficient (Wildman–Crippen LogP) is 2.52. The van der Waals surface area contributed by atoms with Crippen LogP contribution in [-0.2, 0) is 0 Å². The molecule has 7 heteroatoms. The van der Waals surface area contributed by atoms with Gasteiger partial charge in [0.05, 0.1) is 5.69 Å². The molecule has 0 fully saturated rings. The van der Waals surface area contributed by atoms with Crippen molar-refractivity contribution >= 4 is 11.7 Å². The van der Waals surface area contributed by atoms with Crippen molar-refractivity contribution in [2.75, 3.05) is 18.5 Å². The molecule has 1 aromatic carbocycles. The molecule has 17 heavy (non-hydrogen) atoms. The highest BCUT2D eigenvalue weighted by atomic mass is 19.4. The summed E-state index contributed by atoms with van der Waals surface area (Å²) in [6, 6.07) is 3.16. The summed E-state index contributed by atoms with van der Waals surface area (Å²) in [5, 5.41) is 8.75. The van der Waals surface area contributed by atoms with Crippen LogP contribution in [0, 0.1) is 5.82 Å². The Bertz CT molecular complexity index is 431. The Kier molecular flexibility index (Phi) is 3.59. The molecule has 0 aliphatic carbocycles. The average molecular weight is 251 g/mol. The molecular formula is C10H9F4NO2. The fraction of sp³-hybridized carbons (Fsp3) is 0.300. The molecule has 1 rings (SSSR count). The first-order valence-electron chi connectivity index (χ1n) is 4.52. The zero-order valence-corrected chi connectivity index (χ0v) is 8.75. The van der Waals surface area contributed by atoms with E-state index < -0.39 is 30.1 Å². The van der Waals surface area contributed by atoms with E-state index in [0.717, 1.165) is 25.2 Å². The Hall–Kier alpha value is -1.79. The summed E-state index contributed by atoms with van der Waals surface area (Å²) in [4.78, 5) is 11.4. The molecule has 0 unspecified atom stereocenters. The number of carboxylic acids is 1. The van der Waals surface area contributed by atoms with Gasteiger partial charge in [0, 0.05) is 7.05 Å². The number of rotatable bonds is 3. The van der Waals surface area contributed by atoms with Gasteiger partial charge in [0.2, 0.25) is 0 Å². The number of anilines is 1. The van der Waals surface area contributed by atoms with E-state index in [1.807, 2.05) is 0 Å². The number of alkyl halides is 3. The van der Waals surface area contributed by atoms with E-state index in [2.05, 4.69) is 0 Å². The highest BCUT2D eigenvalue weighted by Gasteiger charge is 2.31. The molecular weight excluding hydrogens is 242 g/mol. The Morgan fingerprint density at radius 2 is 2.00 bits per heavy atom. The number of hydrogen-bond donors (Lipinski definition) is 1. The van der Waals surface area contributed by atoms with Crippen molar-refractivity contribution < 1.29 is 27.5 Å². The number of carbonyl (C=O) groups is 1. The summed E-state index contributed by atoms with van der Waals surface area (Å²) in [7, 11) is 1.05. The maximum atomic E-state index is 13.2. The van der Waals surface area contributed by atoms with Gasteiger partial charge < -0.3 is 10.0 Å². The minimum atomic E-state index is -4.49. The molecule has 0 aliphatic heterocycles.